The van der Waals surface area contributed by atoms with E-state index in [1.807, 2.05) is 12.4 Å². The lowest BCUT2D eigenvalue weighted by molar-refractivity contribution is 0.109. The summed E-state index contributed by atoms with van der Waals surface area (Å²) in [6.45, 7) is 5.56. The van der Waals surface area contributed by atoms with Crippen LogP contribution in [0.4, 0.5) is 5.69 Å². The third kappa shape index (κ3) is 4.02. The van der Waals surface area contributed by atoms with Crippen LogP contribution in [-0.2, 0) is 6.54 Å². The van der Waals surface area contributed by atoms with Crippen LogP contribution in [0.2, 0.25) is 0 Å². The maximum absolute atomic E-state index is 8.94. The standard InChI is InChI=1S/C17H30N4O/c1-14-3-2-4-17(11-14)20-7-5-15(6-8-20)19-16-12-18-21(13-16)9-10-22/h12-15,17,19,22H,2-11H2,1H3. The van der Waals surface area contributed by atoms with Gasteiger partial charge in [-0.05, 0) is 31.6 Å². The number of nitrogens with zero attached hydrogens (tertiary/aromatic N) is 3. The zero-order valence-corrected chi connectivity index (χ0v) is 13.7. The van der Waals surface area contributed by atoms with Crippen molar-refractivity contribution in [2.45, 2.75) is 64.1 Å². The van der Waals surface area contributed by atoms with Crippen molar-refractivity contribution >= 4 is 5.69 Å². The first-order chi connectivity index (χ1) is 10.7. The maximum Gasteiger partial charge on any atom is 0.0728 e. The second-order valence-electron chi connectivity index (χ2n) is 7.10. The van der Waals surface area contributed by atoms with Gasteiger partial charge in [-0.3, -0.25) is 4.68 Å². The lowest BCUT2D eigenvalue weighted by Gasteiger charge is -2.41. The summed E-state index contributed by atoms with van der Waals surface area (Å²) in [5, 5.41) is 16.8. The van der Waals surface area contributed by atoms with Crippen LogP contribution in [0.5, 0.6) is 0 Å². The third-order valence-electron chi connectivity index (χ3n) is 5.29. The van der Waals surface area contributed by atoms with Crippen molar-refractivity contribution in [1.82, 2.24) is 14.7 Å². The van der Waals surface area contributed by atoms with Crippen LogP contribution in [0.15, 0.2) is 12.4 Å². The number of anilines is 1. The first-order valence-corrected chi connectivity index (χ1v) is 8.88. The Morgan fingerprint density at radius 3 is 2.82 bits per heavy atom. The summed E-state index contributed by atoms with van der Waals surface area (Å²) in [6.07, 6.45) is 11.9. The third-order valence-corrected chi connectivity index (χ3v) is 5.29. The lowest BCUT2D eigenvalue weighted by atomic mass is 9.85. The SMILES string of the molecule is CC1CCCC(N2CCC(Nc3cnn(CCO)c3)CC2)C1. The molecule has 1 saturated carbocycles. The van der Waals surface area contributed by atoms with Gasteiger partial charge in [0, 0.05) is 31.4 Å². The molecule has 2 N–H and O–H groups in total. The molecule has 3 rings (SSSR count). The van der Waals surface area contributed by atoms with E-state index in [-0.39, 0.29) is 6.61 Å². The van der Waals surface area contributed by atoms with Crippen LogP contribution in [0.25, 0.3) is 0 Å². The quantitative estimate of drug-likeness (QED) is 0.877. The normalized spacial score (nSPS) is 27.9. The number of likely N-dealkylation sites (tertiary alicyclic amines) is 1. The minimum Gasteiger partial charge on any atom is -0.394 e. The molecule has 0 amide bonds. The summed E-state index contributed by atoms with van der Waals surface area (Å²) >= 11 is 0. The maximum atomic E-state index is 8.94. The first-order valence-electron chi connectivity index (χ1n) is 8.88. The fraction of sp³-hybridized carbons (Fsp3) is 0.824. The Morgan fingerprint density at radius 1 is 1.27 bits per heavy atom. The molecule has 0 radical (unpaired) electrons. The summed E-state index contributed by atoms with van der Waals surface area (Å²) in [5.41, 5.74) is 1.08. The van der Waals surface area contributed by atoms with Crippen molar-refractivity contribution in [3.63, 3.8) is 0 Å². The average molecular weight is 306 g/mol. The zero-order valence-electron chi connectivity index (χ0n) is 13.7. The van der Waals surface area contributed by atoms with Crippen LogP contribution >= 0.6 is 0 Å². The smallest absolute Gasteiger partial charge is 0.0728 e. The molecule has 22 heavy (non-hydrogen) atoms. The Hall–Kier alpha value is -1.07. The molecule has 1 aliphatic carbocycles. The highest BCUT2D eigenvalue weighted by Gasteiger charge is 2.28. The molecular formula is C17H30N4O. The highest BCUT2D eigenvalue weighted by molar-refractivity contribution is 5.39. The molecular weight excluding hydrogens is 276 g/mol. The number of aliphatic hydroxyl groups is 1. The van der Waals surface area contributed by atoms with Gasteiger partial charge >= 0.3 is 0 Å². The molecule has 5 heteroatoms. The summed E-state index contributed by atoms with van der Waals surface area (Å²) < 4.78 is 1.79. The van der Waals surface area contributed by atoms with E-state index in [9.17, 15) is 0 Å². The molecule has 1 aliphatic heterocycles. The number of nitrogens with one attached hydrogen (secondary N) is 1. The summed E-state index contributed by atoms with van der Waals surface area (Å²) in [6, 6.07) is 1.39. The first kappa shape index (κ1) is 15.8. The number of hydrogen-bond acceptors (Lipinski definition) is 4. The Labute approximate surface area is 133 Å². The van der Waals surface area contributed by atoms with Crippen LogP contribution in [0.3, 0.4) is 0 Å². The number of aromatic nitrogens is 2. The van der Waals surface area contributed by atoms with Crippen molar-refractivity contribution < 1.29 is 5.11 Å². The molecule has 0 bridgehead atoms. The average Bonchev–Trinajstić information content (AvgIpc) is 2.96. The van der Waals surface area contributed by atoms with Crippen molar-refractivity contribution in [2.24, 2.45) is 5.92 Å². The predicted octanol–water partition coefficient (Wildman–Crippen LogP) is 2.33. The van der Waals surface area contributed by atoms with E-state index in [0.717, 1.165) is 17.6 Å². The Bertz CT molecular complexity index is 453. The second-order valence-corrected chi connectivity index (χ2v) is 7.10. The molecule has 2 fully saturated rings. The van der Waals surface area contributed by atoms with E-state index in [2.05, 4.69) is 22.2 Å². The van der Waals surface area contributed by atoms with Gasteiger partial charge < -0.3 is 15.3 Å². The van der Waals surface area contributed by atoms with Crippen LogP contribution < -0.4 is 5.32 Å². The van der Waals surface area contributed by atoms with Gasteiger partial charge in [-0.15, -0.1) is 0 Å². The minimum absolute atomic E-state index is 0.138. The molecule has 0 aromatic carbocycles. The van der Waals surface area contributed by atoms with Crippen molar-refractivity contribution in [3.8, 4) is 0 Å². The van der Waals surface area contributed by atoms with Crippen molar-refractivity contribution in [2.75, 3.05) is 25.0 Å². The van der Waals surface area contributed by atoms with E-state index in [4.69, 9.17) is 5.11 Å². The van der Waals surface area contributed by atoms with Gasteiger partial charge in [0.2, 0.25) is 0 Å². The molecule has 0 spiro atoms. The van der Waals surface area contributed by atoms with Gasteiger partial charge in [0.05, 0.1) is 25.0 Å². The fourth-order valence-electron chi connectivity index (χ4n) is 4.04. The Kier molecular flexibility index (Phi) is 5.37. The molecule has 124 valence electrons. The Morgan fingerprint density at radius 2 is 2.09 bits per heavy atom. The Balaban J connectivity index is 1.45. The van der Waals surface area contributed by atoms with Crippen LogP contribution in [0, 0.1) is 5.92 Å². The summed E-state index contributed by atoms with van der Waals surface area (Å²) in [5.74, 6) is 0.909. The molecule has 2 atom stereocenters. The van der Waals surface area contributed by atoms with E-state index < -0.39 is 0 Å². The van der Waals surface area contributed by atoms with Gasteiger partial charge in [-0.25, -0.2) is 0 Å². The van der Waals surface area contributed by atoms with E-state index in [1.54, 1.807) is 4.68 Å². The van der Waals surface area contributed by atoms with Gasteiger partial charge in [-0.1, -0.05) is 19.8 Å². The molecule has 5 nitrogen and oxygen atoms in total. The lowest BCUT2D eigenvalue weighted by Crippen LogP contribution is -2.46. The molecule has 1 aromatic heterocycles. The number of piperidine rings is 1. The van der Waals surface area contributed by atoms with Crippen LogP contribution in [0.1, 0.15) is 45.4 Å². The van der Waals surface area contributed by atoms with E-state index >= 15 is 0 Å². The van der Waals surface area contributed by atoms with Crippen molar-refractivity contribution in [3.05, 3.63) is 12.4 Å². The van der Waals surface area contributed by atoms with Gasteiger partial charge in [0.15, 0.2) is 0 Å². The minimum atomic E-state index is 0.138. The monoisotopic (exact) mass is 306 g/mol. The molecule has 1 saturated heterocycles. The topological polar surface area (TPSA) is 53.3 Å². The largest absolute Gasteiger partial charge is 0.394 e. The molecule has 2 heterocycles. The van der Waals surface area contributed by atoms with Crippen molar-refractivity contribution in [1.29, 1.82) is 0 Å². The van der Waals surface area contributed by atoms with Crippen LogP contribution in [-0.4, -0.2) is 51.6 Å². The highest BCUT2D eigenvalue weighted by atomic mass is 16.3. The number of rotatable bonds is 5. The van der Waals surface area contributed by atoms with E-state index in [1.165, 1.54) is 51.6 Å². The fourth-order valence-corrected chi connectivity index (χ4v) is 4.04. The second kappa shape index (κ2) is 7.47. The molecule has 1 aromatic rings. The summed E-state index contributed by atoms with van der Waals surface area (Å²) in [7, 11) is 0. The number of aliphatic hydroxyl groups excluding tert-OH is 1. The van der Waals surface area contributed by atoms with Gasteiger partial charge in [0.25, 0.3) is 0 Å². The van der Waals surface area contributed by atoms with E-state index in [0.29, 0.717) is 12.6 Å². The molecule has 2 unspecified atom stereocenters. The zero-order chi connectivity index (χ0) is 15.4. The highest BCUT2D eigenvalue weighted by Crippen LogP contribution is 2.29. The van der Waals surface area contributed by atoms with Gasteiger partial charge in [0.1, 0.15) is 0 Å². The molecule has 2 aliphatic rings. The summed E-state index contributed by atoms with van der Waals surface area (Å²) in [4.78, 5) is 2.73. The number of hydrogen-bond donors (Lipinski definition) is 2. The predicted molar refractivity (Wildman–Crippen MR) is 89.0 cm³/mol. The van der Waals surface area contributed by atoms with Gasteiger partial charge in [-0.2, -0.15) is 5.10 Å².